The predicted molar refractivity (Wildman–Crippen MR) is 172 cm³/mol. The minimum atomic E-state index is -4.50. The molecule has 0 fully saturated rings. The van der Waals surface area contributed by atoms with Gasteiger partial charge in [0.15, 0.2) is 5.96 Å². The molecule has 0 bridgehead atoms. The summed E-state index contributed by atoms with van der Waals surface area (Å²) in [6.45, 7) is 0.216. The number of imidazole rings is 1. The number of ether oxygens (including phenoxy) is 1. The zero-order chi connectivity index (χ0) is 33.6. The number of benzene rings is 4. The number of primary amides is 1. The Bertz CT molecular complexity index is 1910. The Morgan fingerprint density at radius 3 is 2.38 bits per heavy atom. The van der Waals surface area contributed by atoms with Crippen molar-refractivity contribution in [3.63, 3.8) is 0 Å². The molecule has 1 heterocycles. The molecule has 47 heavy (non-hydrogen) atoms. The molecule has 0 aliphatic carbocycles. The van der Waals surface area contributed by atoms with E-state index in [9.17, 15) is 22.8 Å². The van der Waals surface area contributed by atoms with Crippen LogP contribution in [0.4, 0.5) is 13.2 Å². The lowest BCUT2D eigenvalue weighted by Gasteiger charge is -2.20. The SMILES string of the molecule is N=C(N)NCCCC(C(N)=O)n1c(-c2ccccc2Oc2ccccc2)nc2cc(C(=O)NCc3cccc(C(F)(F)F)c3)ccc21. The fourth-order valence-electron chi connectivity index (χ4n) is 5.16. The Morgan fingerprint density at radius 2 is 1.66 bits per heavy atom. The highest BCUT2D eigenvalue weighted by atomic mass is 19.4. The number of hydrogen-bond donors (Lipinski definition) is 5. The largest absolute Gasteiger partial charge is 0.457 e. The Morgan fingerprint density at radius 1 is 0.915 bits per heavy atom. The lowest BCUT2D eigenvalue weighted by molar-refractivity contribution is -0.137. The van der Waals surface area contributed by atoms with E-state index in [2.05, 4.69) is 10.6 Å². The van der Waals surface area contributed by atoms with E-state index in [1.54, 1.807) is 59.2 Å². The van der Waals surface area contributed by atoms with E-state index in [4.69, 9.17) is 26.6 Å². The molecule has 0 spiro atoms. The van der Waals surface area contributed by atoms with Gasteiger partial charge in [-0.1, -0.05) is 42.5 Å². The Labute approximate surface area is 268 Å². The number of hydrogen-bond acceptors (Lipinski definition) is 5. The minimum Gasteiger partial charge on any atom is -0.457 e. The van der Waals surface area contributed by atoms with Crippen molar-refractivity contribution < 1.29 is 27.5 Å². The molecule has 242 valence electrons. The topological polar surface area (TPSA) is 161 Å². The van der Waals surface area contributed by atoms with Crippen molar-refractivity contribution in [2.45, 2.75) is 31.6 Å². The number of alkyl halides is 3. The lowest BCUT2D eigenvalue weighted by atomic mass is 10.1. The zero-order valence-corrected chi connectivity index (χ0v) is 25.1. The van der Waals surface area contributed by atoms with Gasteiger partial charge in [0.1, 0.15) is 23.4 Å². The molecule has 1 aromatic heterocycles. The summed E-state index contributed by atoms with van der Waals surface area (Å²) in [5.41, 5.74) is 12.5. The van der Waals surface area contributed by atoms with Gasteiger partial charge < -0.3 is 31.4 Å². The molecule has 0 aliphatic heterocycles. The smallest absolute Gasteiger partial charge is 0.416 e. The van der Waals surface area contributed by atoms with Crippen LogP contribution >= 0.6 is 0 Å². The number of carbonyl (C=O) groups excluding carboxylic acids is 2. The maximum absolute atomic E-state index is 13.1. The fourth-order valence-corrected chi connectivity index (χ4v) is 5.16. The van der Waals surface area contributed by atoms with Gasteiger partial charge in [0.25, 0.3) is 5.91 Å². The van der Waals surface area contributed by atoms with E-state index < -0.39 is 29.6 Å². The first-order valence-corrected chi connectivity index (χ1v) is 14.7. The molecule has 10 nitrogen and oxygen atoms in total. The third-order valence-corrected chi connectivity index (χ3v) is 7.37. The Balaban J connectivity index is 1.52. The van der Waals surface area contributed by atoms with Crippen molar-refractivity contribution in [2.24, 2.45) is 11.5 Å². The third-order valence-electron chi connectivity index (χ3n) is 7.37. The summed E-state index contributed by atoms with van der Waals surface area (Å²) < 4.78 is 47.3. The van der Waals surface area contributed by atoms with E-state index in [0.29, 0.717) is 52.4 Å². The maximum atomic E-state index is 13.1. The van der Waals surface area contributed by atoms with Crippen LogP contribution in [0.1, 0.15) is 40.4 Å². The van der Waals surface area contributed by atoms with E-state index >= 15 is 0 Å². The van der Waals surface area contributed by atoms with Crippen LogP contribution < -0.4 is 26.8 Å². The Hall–Kier alpha value is -5.85. The number of amides is 2. The van der Waals surface area contributed by atoms with E-state index in [0.717, 1.165) is 12.1 Å². The number of halogens is 3. The summed E-state index contributed by atoms with van der Waals surface area (Å²) in [7, 11) is 0. The first kappa shape index (κ1) is 32.5. The van der Waals surface area contributed by atoms with Gasteiger partial charge in [-0.05, 0) is 73.0 Å². The van der Waals surface area contributed by atoms with Crippen LogP contribution in [0.15, 0.2) is 97.1 Å². The first-order chi connectivity index (χ1) is 22.5. The summed E-state index contributed by atoms with van der Waals surface area (Å²) in [6, 6.07) is 25.0. The van der Waals surface area contributed by atoms with Crippen molar-refractivity contribution >= 4 is 28.8 Å². The number of guanidine groups is 1. The zero-order valence-electron chi connectivity index (χ0n) is 25.1. The number of nitrogens with one attached hydrogen (secondary N) is 3. The second-order valence-electron chi connectivity index (χ2n) is 10.7. The molecule has 0 radical (unpaired) electrons. The normalized spacial score (nSPS) is 12.0. The molecule has 13 heteroatoms. The molecule has 5 rings (SSSR count). The molecule has 1 unspecified atom stereocenters. The van der Waals surface area contributed by atoms with Gasteiger partial charge in [0.05, 0.1) is 22.2 Å². The van der Waals surface area contributed by atoms with Crippen LogP contribution in [0.5, 0.6) is 11.5 Å². The fraction of sp³-hybridized carbons (Fsp3) is 0.176. The summed E-state index contributed by atoms with van der Waals surface area (Å²) >= 11 is 0. The number of aromatic nitrogens is 2. The van der Waals surface area contributed by atoms with Gasteiger partial charge >= 0.3 is 6.18 Å². The minimum absolute atomic E-state index is 0.122. The second kappa shape index (κ2) is 14.1. The molecule has 5 aromatic rings. The standard InChI is InChI=1S/C34H32F3N7O3/c35-34(36,37)23-9-6-8-21(18-23)20-42-32(46)22-15-16-27-26(19-22)43-31(44(27)28(30(38)45)13-7-17-41-33(39)40)25-12-4-5-14-29(25)47-24-10-2-1-3-11-24/h1-6,8-12,14-16,18-19,28H,7,13,17,20H2,(H2,38,45)(H,42,46)(H4,39,40,41). The molecule has 4 aromatic carbocycles. The molecule has 7 N–H and O–H groups in total. The van der Waals surface area contributed by atoms with Crippen LogP contribution in [0.25, 0.3) is 22.4 Å². The lowest BCUT2D eigenvalue weighted by Crippen LogP contribution is -2.32. The summed E-state index contributed by atoms with van der Waals surface area (Å²) in [5, 5.41) is 12.8. The number of para-hydroxylation sites is 2. The van der Waals surface area contributed by atoms with Gasteiger partial charge in [-0.25, -0.2) is 4.98 Å². The van der Waals surface area contributed by atoms with E-state index in [1.807, 2.05) is 18.2 Å². The van der Waals surface area contributed by atoms with Gasteiger partial charge in [0.2, 0.25) is 5.91 Å². The molecular formula is C34H32F3N7O3. The van der Waals surface area contributed by atoms with Gasteiger partial charge in [-0.15, -0.1) is 0 Å². The van der Waals surface area contributed by atoms with E-state index in [-0.39, 0.29) is 24.5 Å². The van der Waals surface area contributed by atoms with Gasteiger partial charge in [-0.2, -0.15) is 13.2 Å². The van der Waals surface area contributed by atoms with E-state index in [1.165, 1.54) is 12.1 Å². The molecule has 0 saturated carbocycles. The van der Waals surface area contributed by atoms with Crippen molar-refractivity contribution in [3.05, 3.63) is 114 Å². The van der Waals surface area contributed by atoms with Crippen LogP contribution in [-0.4, -0.2) is 33.9 Å². The first-order valence-electron chi connectivity index (χ1n) is 14.7. The summed E-state index contributed by atoms with van der Waals surface area (Å²) in [6.07, 6.45) is -3.77. The highest BCUT2D eigenvalue weighted by molar-refractivity contribution is 5.98. The molecule has 0 saturated heterocycles. The van der Waals surface area contributed by atoms with Crippen LogP contribution in [0.3, 0.4) is 0 Å². The van der Waals surface area contributed by atoms with Crippen LogP contribution in [0.2, 0.25) is 0 Å². The molecule has 1 atom stereocenters. The number of fused-ring (bicyclic) bond motifs is 1. The monoisotopic (exact) mass is 643 g/mol. The van der Waals surface area contributed by atoms with Crippen molar-refractivity contribution in [2.75, 3.05) is 6.54 Å². The predicted octanol–water partition coefficient (Wildman–Crippen LogP) is 5.73. The molecule has 2 amide bonds. The summed E-state index contributed by atoms with van der Waals surface area (Å²) in [5.74, 6) is 0.101. The van der Waals surface area contributed by atoms with Crippen LogP contribution in [-0.2, 0) is 17.5 Å². The van der Waals surface area contributed by atoms with Crippen molar-refractivity contribution in [1.29, 1.82) is 5.41 Å². The van der Waals surface area contributed by atoms with Crippen molar-refractivity contribution in [3.8, 4) is 22.9 Å². The number of nitrogens with two attached hydrogens (primary N) is 2. The number of rotatable bonds is 12. The Kier molecular flexibility index (Phi) is 9.74. The highest BCUT2D eigenvalue weighted by Crippen LogP contribution is 2.37. The van der Waals surface area contributed by atoms with Gasteiger partial charge in [0, 0.05) is 18.7 Å². The second-order valence-corrected chi connectivity index (χ2v) is 10.7. The average Bonchev–Trinajstić information content (AvgIpc) is 3.42. The van der Waals surface area contributed by atoms with Gasteiger partial charge in [-0.3, -0.25) is 15.0 Å². The molecular weight excluding hydrogens is 611 g/mol. The van der Waals surface area contributed by atoms with Crippen molar-refractivity contribution in [1.82, 2.24) is 20.2 Å². The number of nitrogens with zero attached hydrogens (tertiary/aromatic N) is 2. The number of carbonyl (C=O) groups is 2. The van der Waals surface area contributed by atoms with Crippen LogP contribution in [0, 0.1) is 5.41 Å². The maximum Gasteiger partial charge on any atom is 0.416 e. The average molecular weight is 644 g/mol. The molecule has 0 aliphatic rings. The quantitative estimate of drug-likeness (QED) is 0.0663. The highest BCUT2D eigenvalue weighted by Gasteiger charge is 2.30. The summed E-state index contributed by atoms with van der Waals surface area (Å²) in [4.78, 5) is 30.9. The third kappa shape index (κ3) is 7.87.